The molecule has 0 fully saturated rings. The number of rotatable bonds is 5. The largest absolute Gasteiger partial charge is 0.380 e. The Kier molecular flexibility index (Phi) is 4.42. The summed E-state index contributed by atoms with van der Waals surface area (Å²) in [6.07, 6.45) is 0. The third-order valence-corrected chi connectivity index (χ3v) is 4.96. The quantitative estimate of drug-likeness (QED) is 0.575. The van der Waals surface area contributed by atoms with Gasteiger partial charge in [0.1, 0.15) is 0 Å². The number of benzene rings is 3. The van der Waals surface area contributed by atoms with E-state index in [1.807, 2.05) is 18.2 Å². The summed E-state index contributed by atoms with van der Waals surface area (Å²) in [7, 11) is 1.69. The molecule has 0 aliphatic carbocycles. The topological polar surface area (TPSA) is 57.2 Å². The lowest BCUT2D eigenvalue weighted by Crippen LogP contribution is -2.11. The van der Waals surface area contributed by atoms with Gasteiger partial charge in [-0.3, -0.25) is 4.79 Å². The molecule has 0 unspecified atom stereocenters. The summed E-state index contributed by atoms with van der Waals surface area (Å²) in [5.41, 5.74) is 11.8. The summed E-state index contributed by atoms with van der Waals surface area (Å²) in [6.45, 7) is 3.36. The van der Waals surface area contributed by atoms with Crippen LogP contribution in [0.2, 0.25) is 0 Å². The first-order chi connectivity index (χ1) is 13.1. The zero-order valence-corrected chi connectivity index (χ0v) is 15.5. The number of ether oxygens (including phenoxy) is 1. The maximum Gasteiger partial charge on any atom is 0.249 e. The normalized spacial score (nSPS) is 11.3. The van der Waals surface area contributed by atoms with Crippen molar-refractivity contribution in [2.24, 2.45) is 5.73 Å². The molecule has 1 aromatic heterocycles. The molecule has 0 radical (unpaired) electrons. The minimum atomic E-state index is -0.406. The van der Waals surface area contributed by atoms with Gasteiger partial charge < -0.3 is 15.0 Å². The molecule has 1 heterocycles. The van der Waals surface area contributed by atoms with E-state index in [4.69, 9.17) is 10.5 Å². The van der Waals surface area contributed by atoms with Crippen LogP contribution in [0.4, 0.5) is 0 Å². The molecule has 3 aromatic carbocycles. The molecule has 4 nitrogen and oxygen atoms in total. The van der Waals surface area contributed by atoms with Crippen LogP contribution < -0.4 is 5.73 Å². The van der Waals surface area contributed by atoms with Crippen LogP contribution in [0.15, 0.2) is 60.7 Å². The van der Waals surface area contributed by atoms with E-state index in [9.17, 15) is 4.79 Å². The molecule has 27 heavy (non-hydrogen) atoms. The molecule has 0 aliphatic heterocycles. The number of methoxy groups -OCH3 is 1. The smallest absolute Gasteiger partial charge is 0.249 e. The predicted molar refractivity (Wildman–Crippen MR) is 109 cm³/mol. The van der Waals surface area contributed by atoms with Gasteiger partial charge in [-0.15, -0.1) is 0 Å². The Labute approximate surface area is 158 Å². The maximum atomic E-state index is 12.0. The second-order valence-electron chi connectivity index (χ2n) is 6.92. The molecule has 0 saturated heterocycles. The lowest BCUT2D eigenvalue weighted by atomic mass is 10.0. The second kappa shape index (κ2) is 6.89. The fourth-order valence-electron chi connectivity index (χ4n) is 3.82. The van der Waals surface area contributed by atoms with Crippen LogP contribution in [0.3, 0.4) is 0 Å². The van der Waals surface area contributed by atoms with E-state index in [0.29, 0.717) is 12.2 Å². The lowest BCUT2D eigenvalue weighted by Gasteiger charge is -2.09. The zero-order chi connectivity index (χ0) is 19.0. The van der Waals surface area contributed by atoms with Crippen molar-refractivity contribution in [2.75, 3.05) is 7.11 Å². The minimum Gasteiger partial charge on any atom is -0.380 e. The van der Waals surface area contributed by atoms with Gasteiger partial charge in [-0.2, -0.15) is 0 Å². The van der Waals surface area contributed by atoms with Crippen LogP contribution in [0.25, 0.3) is 21.8 Å². The summed E-state index contributed by atoms with van der Waals surface area (Å²) in [6, 6.07) is 20.5. The average Bonchev–Trinajstić information content (AvgIpc) is 2.95. The van der Waals surface area contributed by atoms with Crippen molar-refractivity contribution in [1.82, 2.24) is 4.57 Å². The van der Waals surface area contributed by atoms with Gasteiger partial charge in [0, 0.05) is 35.5 Å². The Bertz CT molecular complexity index is 1160. The number of amides is 1. The van der Waals surface area contributed by atoms with Crippen LogP contribution in [-0.4, -0.2) is 17.6 Å². The molecular weight excluding hydrogens is 336 g/mol. The summed E-state index contributed by atoms with van der Waals surface area (Å²) in [5, 5.41) is 1.95. The number of aromatic nitrogens is 1. The summed E-state index contributed by atoms with van der Waals surface area (Å²) in [4.78, 5) is 12.0. The Morgan fingerprint density at radius 3 is 2.56 bits per heavy atom. The number of primary amides is 1. The first kappa shape index (κ1) is 17.3. The molecule has 0 saturated carbocycles. The van der Waals surface area contributed by atoms with Gasteiger partial charge in [-0.05, 0) is 36.2 Å². The van der Waals surface area contributed by atoms with Crippen molar-refractivity contribution in [3.05, 3.63) is 82.9 Å². The van der Waals surface area contributed by atoms with E-state index < -0.39 is 5.91 Å². The average molecular weight is 358 g/mol. The van der Waals surface area contributed by atoms with Gasteiger partial charge >= 0.3 is 0 Å². The van der Waals surface area contributed by atoms with E-state index in [-0.39, 0.29) is 0 Å². The highest BCUT2D eigenvalue weighted by atomic mass is 16.5. The van der Waals surface area contributed by atoms with Gasteiger partial charge in [0.2, 0.25) is 5.91 Å². The molecular formula is C23H22N2O2. The van der Waals surface area contributed by atoms with E-state index in [2.05, 4.69) is 47.9 Å². The Morgan fingerprint density at radius 1 is 1.00 bits per heavy atom. The van der Waals surface area contributed by atoms with E-state index in [0.717, 1.165) is 33.9 Å². The van der Waals surface area contributed by atoms with Crippen LogP contribution in [0.1, 0.15) is 27.0 Å². The summed E-state index contributed by atoms with van der Waals surface area (Å²) in [5.74, 6) is -0.406. The number of nitrogens with two attached hydrogens (primary N) is 1. The molecule has 0 bridgehead atoms. The number of nitrogens with zero attached hydrogens (tertiary/aromatic N) is 1. The molecule has 4 rings (SSSR count). The number of hydrogen-bond acceptors (Lipinski definition) is 2. The third-order valence-electron chi connectivity index (χ3n) is 4.96. The van der Waals surface area contributed by atoms with Gasteiger partial charge in [0.15, 0.2) is 0 Å². The number of carbonyl (C=O) groups excluding carboxylic acids is 1. The van der Waals surface area contributed by atoms with Crippen LogP contribution in [0.5, 0.6) is 0 Å². The molecule has 0 aliphatic rings. The Morgan fingerprint density at radius 2 is 1.81 bits per heavy atom. The van der Waals surface area contributed by atoms with Gasteiger partial charge in [0.05, 0.1) is 12.1 Å². The number of hydrogen-bond donors (Lipinski definition) is 1. The monoisotopic (exact) mass is 358 g/mol. The Balaban J connectivity index is 2.02. The highest BCUT2D eigenvalue weighted by Gasteiger charge is 2.17. The van der Waals surface area contributed by atoms with Crippen molar-refractivity contribution >= 4 is 27.7 Å². The third kappa shape index (κ3) is 3.09. The molecule has 0 atom stereocenters. The van der Waals surface area contributed by atoms with Gasteiger partial charge in [-0.25, -0.2) is 0 Å². The highest BCUT2D eigenvalue weighted by molar-refractivity contribution is 6.17. The Hall–Kier alpha value is -3.11. The first-order valence-electron chi connectivity index (χ1n) is 8.96. The predicted octanol–water partition coefficient (Wildman–Crippen LogP) is 4.40. The SMILES string of the molecule is COCc1ccc2c3c(C(N)=O)cccc3n(Cc3cccc(C)c3)c2c1. The zero-order valence-electron chi connectivity index (χ0n) is 15.5. The minimum absolute atomic E-state index is 0.406. The first-order valence-corrected chi connectivity index (χ1v) is 8.96. The van der Waals surface area contributed by atoms with Gasteiger partial charge in [-0.1, -0.05) is 48.0 Å². The second-order valence-corrected chi connectivity index (χ2v) is 6.92. The van der Waals surface area contributed by atoms with Crippen molar-refractivity contribution in [2.45, 2.75) is 20.1 Å². The molecule has 0 spiro atoms. The molecule has 2 N–H and O–H groups in total. The van der Waals surface area contributed by atoms with Gasteiger partial charge in [0.25, 0.3) is 0 Å². The van der Waals surface area contributed by atoms with E-state index >= 15 is 0 Å². The molecule has 4 heteroatoms. The fourth-order valence-corrected chi connectivity index (χ4v) is 3.82. The fraction of sp³-hybridized carbons (Fsp3) is 0.174. The van der Waals surface area contributed by atoms with E-state index in [1.54, 1.807) is 13.2 Å². The number of aryl methyl sites for hydroxylation is 1. The van der Waals surface area contributed by atoms with Crippen LogP contribution in [-0.2, 0) is 17.9 Å². The molecule has 4 aromatic rings. The molecule has 136 valence electrons. The standard InChI is InChI=1S/C23H22N2O2/c1-15-5-3-6-16(11-15)13-25-20-8-4-7-19(23(24)26)22(20)18-10-9-17(14-27-2)12-21(18)25/h3-12H,13-14H2,1-2H3,(H2,24,26). The lowest BCUT2D eigenvalue weighted by molar-refractivity contribution is 0.100. The van der Waals surface area contributed by atoms with Crippen molar-refractivity contribution < 1.29 is 9.53 Å². The molecule has 1 amide bonds. The van der Waals surface area contributed by atoms with Crippen LogP contribution >= 0.6 is 0 Å². The maximum absolute atomic E-state index is 12.0. The number of carbonyl (C=O) groups is 1. The highest BCUT2D eigenvalue weighted by Crippen LogP contribution is 2.33. The van der Waals surface area contributed by atoms with Crippen LogP contribution in [0, 0.1) is 6.92 Å². The van der Waals surface area contributed by atoms with E-state index in [1.165, 1.54) is 11.1 Å². The van der Waals surface area contributed by atoms with Crippen molar-refractivity contribution in [1.29, 1.82) is 0 Å². The van der Waals surface area contributed by atoms with Crippen molar-refractivity contribution in [3.8, 4) is 0 Å². The summed E-state index contributed by atoms with van der Waals surface area (Å²) < 4.78 is 7.56. The number of fused-ring (bicyclic) bond motifs is 3. The van der Waals surface area contributed by atoms with Crippen molar-refractivity contribution in [3.63, 3.8) is 0 Å². The summed E-state index contributed by atoms with van der Waals surface area (Å²) >= 11 is 0.